The quantitative estimate of drug-likeness (QED) is 0.804. The molecular formula is C20H25NO4. The third kappa shape index (κ3) is 1.61. The molecule has 0 unspecified atom stereocenters. The van der Waals surface area contributed by atoms with Crippen molar-refractivity contribution in [2.45, 2.75) is 69.1 Å². The Morgan fingerprint density at radius 3 is 2.88 bits per heavy atom. The van der Waals surface area contributed by atoms with Crippen molar-refractivity contribution in [2.24, 2.45) is 11.3 Å². The number of piperidine rings is 1. The molecule has 2 heterocycles. The van der Waals surface area contributed by atoms with Gasteiger partial charge in [-0.2, -0.15) is 0 Å². The third-order valence-corrected chi connectivity index (χ3v) is 7.90. The minimum atomic E-state index is -0.787. The molecule has 5 nitrogen and oxygen atoms in total. The second-order valence-corrected chi connectivity index (χ2v) is 9.06. The fraction of sp³-hybridized carbons (Fsp3) is 0.750. The Labute approximate surface area is 147 Å². The first-order valence-electron chi connectivity index (χ1n) is 9.87. The van der Waals surface area contributed by atoms with Crippen LogP contribution in [0.5, 0.6) is 0 Å². The van der Waals surface area contributed by atoms with Gasteiger partial charge in [0, 0.05) is 24.6 Å². The van der Waals surface area contributed by atoms with Gasteiger partial charge in [0.05, 0.1) is 11.0 Å². The van der Waals surface area contributed by atoms with Gasteiger partial charge in [-0.3, -0.25) is 9.69 Å². The van der Waals surface area contributed by atoms with E-state index in [1.807, 2.05) is 0 Å². The lowest BCUT2D eigenvalue weighted by Crippen LogP contribution is -2.72. The van der Waals surface area contributed by atoms with Crippen LogP contribution in [0.25, 0.3) is 0 Å². The molecule has 0 amide bonds. The Hall–Kier alpha value is -1.33. The van der Waals surface area contributed by atoms with Crippen molar-refractivity contribution in [3.63, 3.8) is 0 Å². The maximum absolute atomic E-state index is 12.3. The number of allylic oxidation sites excluding steroid dienone is 2. The molecule has 4 atom stereocenters. The lowest BCUT2D eigenvalue weighted by atomic mass is 9.48. The van der Waals surface area contributed by atoms with Crippen LogP contribution in [0, 0.1) is 11.3 Å². The van der Waals surface area contributed by atoms with Crippen molar-refractivity contribution in [1.29, 1.82) is 0 Å². The van der Waals surface area contributed by atoms with E-state index in [1.54, 1.807) is 0 Å². The van der Waals surface area contributed by atoms with E-state index in [1.165, 1.54) is 12.8 Å². The van der Waals surface area contributed by atoms with Gasteiger partial charge in [-0.05, 0) is 57.4 Å². The fourth-order valence-electron chi connectivity index (χ4n) is 6.69. The molecule has 2 saturated carbocycles. The molecule has 5 heteroatoms. The molecule has 2 N–H and O–H groups in total. The average Bonchev–Trinajstić information content (AvgIpc) is 3.32. The van der Waals surface area contributed by atoms with Crippen molar-refractivity contribution < 1.29 is 19.7 Å². The molecule has 0 aromatic heterocycles. The number of carbonyl (C=O) groups is 1. The number of carbonyl (C=O) groups excluding carboxylic acids is 1. The van der Waals surface area contributed by atoms with E-state index in [-0.39, 0.29) is 23.7 Å². The molecule has 2 bridgehead atoms. The number of hydrogen-bond donors (Lipinski definition) is 2. The number of ketones is 1. The molecule has 2 saturated heterocycles. The highest BCUT2D eigenvalue weighted by atomic mass is 16.5. The Balaban J connectivity index is 1.55. The molecule has 0 radical (unpaired) electrons. The number of Topliss-reactive ketones (excluding diaryl/α,β-unsaturated/α-hetero) is 1. The highest BCUT2D eigenvalue weighted by molar-refractivity contribution is 5.98. The molecule has 6 aliphatic rings. The maximum atomic E-state index is 12.3. The minimum Gasteiger partial charge on any atom is -0.502 e. The van der Waals surface area contributed by atoms with Crippen molar-refractivity contribution in [3.8, 4) is 0 Å². The number of aliphatic hydroxyl groups excluding tert-OH is 1. The van der Waals surface area contributed by atoms with Gasteiger partial charge in [0.1, 0.15) is 6.10 Å². The maximum Gasteiger partial charge on any atom is 0.205 e. The summed E-state index contributed by atoms with van der Waals surface area (Å²) < 4.78 is 6.18. The van der Waals surface area contributed by atoms with Crippen LogP contribution in [0.15, 0.2) is 22.7 Å². The van der Waals surface area contributed by atoms with E-state index in [9.17, 15) is 15.0 Å². The van der Waals surface area contributed by atoms with E-state index in [0.717, 1.165) is 62.3 Å². The Morgan fingerprint density at radius 1 is 1.24 bits per heavy atom. The van der Waals surface area contributed by atoms with Crippen LogP contribution in [0.4, 0.5) is 0 Å². The van der Waals surface area contributed by atoms with Crippen LogP contribution in [0.1, 0.15) is 51.4 Å². The lowest BCUT2D eigenvalue weighted by Gasteiger charge is -2.63. The predicted molar refractivity (Wildman–Crippen MR) is 89.7 cm³/mol. The van der Waals surface area contributed by atoms with E-state index in [2.05, 4.69) is 4.90 Å². The molecule has 134 valence electrons. The first-order chi connectivity index (χ1) is 12.0. The van der Waals surface area contributed by atoms with Crippen molar-refractivity contribution in [1.82, 2.24) is 4.90 Å². The zero-order valence-electron chi connectivity index (χ0n) is 14.5. The molecule has 6 rings (SSSR count). The second-order valence-electron chi connectivity index (χ2n) is 9.06. The summed E-state index contributed by atoms with van der Waals surface area (Å²) in [6.45, 7) is 2.07. The van der Waals surface area contributed by atoms with Crippen LogP contribution < -0.4 is 0 Å². The van der Waals surface area contributed by atoms with Crippen LogP contribution in [-0.4, -0.2) is 51.7 Å². The summed E-state index contributed by atoms with van der Waals surface area (Å²) in [4.78, 5) is 14.8. The third-order valence-electron chi connectivity index (χ3n) is 7.90. The average molecular weight is 343 g/mol. The zero-order chi connectivity index (χ0) is 17.0. The highest BCUT2D eigenvalue weighted by Gasteiger charge is 2.72. The van der Waals surface area contributed by atoms with Crippen molar-refractivity contribution in [3.05, 3.63) is 22.7 Å². The summed E-state index contributed by atoms with van der Waals surface area (Å²) >= 11 is 0. The van der Waals surface area contributed by atoms with E-state index >= 15 is 0 Å². The summed E-state index contributed by atoms with van der Waals surface area (Å²) in [5, 5.41) is 22.4. The topological polar surface area (TPSA) is 70.0 Å². The Kier molecular flexibility index (Phi) is 2.66. The van der Waals surface area contributed by atoms with Gasteiger partial charge in [-0.25, -0.2) is 0 Å². The lowest BCUT2D eigenvalue weighted by molar-refractivity contribution is -0.207. The summed E-state index contributed by atoms with van der Waals surface area (Å²) in [6.07, 6.45) is 7.10. The number of rotatable bonds is 2. The summed E-state index contributed by atoms with van der Waals surface area (Å²) in [5.41, 5.74) is 0.939. The SMILES string of the molecule is O=C1CC2=C3C(=C1O)O[C@H]1CCC[C@@]4(O)[C@@H](C2)N(CC2CC2)CC[C@]314. The summed E-state index contributed by atoms with van der Waals surface area (Å²) in [5.74, 6) is 0.773. The predicted octanol–water partition coefficient (Wildman–Crippen LogP) is 2.21. The molecule has 2 aliphatic heterocycles. The van der Waals surface area contributed by atoms with Gasteiger partial charge in [-0.15, -0.1) is 0 Å². The van der Waals surface area contributed by atoms with Gasteiger partial charge in [0.2, 0.25) is 11.5 Å². The smallest absolute Gasteiger partial charge is 0.205 e. The van der Waals surface area contributed by atoms with Crippen LogP contribution >= 0.6 is 0 Å². The molecule has 4 aliphatic carbocycles. The molecule has 1 spiro atoms. The van der Waals surface area contributed by atoms with Gasteiger partial charge in [0.15, 0.2) is 5.76 Å². The molecule has 0 aromatic rings. The standard InChI is InChI=1S/C20H25NO4/c22-13-8-12-9-14-20(24)5-1-2-15-19(20,16(12)18(25-15)17(13)23)6-7-21(14)10-11-3-4-11/h11,14-15,23-24H,1-10H2/t14-,15+,19-,20-/m1/s1. The number of aliphatic hydroxyl groups is 2. The van der Waals surface area contributed by atoms with E-state index < -0.39 is 11.0 Å². The Morgan fingerprint density at radius 2 is 2.08 bits per heavy atom. The van der Waals surface area contributed by atoms with Gasteiger partial charge in [0.25, 0.3) is 0 Å². The number of ether oxygens (including phenoxy) is 1. The van der Waals surface area contributed by atoms with Crippen LogP contribution in [0.2, 0.25) is 0 Å². The van der Waals surface area contributed by atoms with Gasteiger partial charge >= 0.3 is 0 Å². The monoisotopic (exact) mass is 343 g/mol. The largest absolute Gasteiger partial charge is 0.502 e. The highest BCUT2D eigenvalue weighted by Crippen LogP contribution is 2.68. The first-order valence-corrected chi connectivity index (χ1v) is 9.87. The van der Waals surface area contributed by atoms with Crippen molar-refractivity contribution in [2.75, 3.05) is 13.1 Å². The normalized spacial score (nSPS) is 45.6. The molecule has 25 heavy (non-hydrogen) atoms. The number of nitrogens with zero attached hydrogens (tertiary/aromatic N) is 1. The van der Waals surface area contributed by atoms with Crippen LogP contribution in [0.3, 0.4) is 0 Å². The molecular weight excluding hydrogens is 318 g/mol. The van der Waals surface area contributed by atoms with Gasteiger partial charge < -0.3 is 14.9 Å². The second kappa shape index (κ2) is 4.49. The van der Waals surface area contributed by atoms with E-state index in [4.69, 9.17) is 4.74 Å². The number of hydrogen-bond acceptors (Lipinski definition) is 5. The fourth-order valence-corrected chi connectivity index (χ4v) is 6.69. The molecule has 4 fully saturated rings. The molecule has 0 aromatic carbocycles. The van der Waals surface area contributed by atoms with Crippen LogP contribution in [-0.2, 0) is 9.53 Å². The van der Waals surface area contributed by atoms with E-state index in [0.29, 0.717) is 12.2 Å². The minimum absolute atomic E-state index is 0.0924. The summed E-state index contributed by atoms with van der Waals surface area (Å²) in [6, 6.07) is 0.0967. The van der Waals surface area contributed by atoms with Gasteiger partial charge in [-0.1, -0.05) is 5.57 Å². The first kappa shape index (κ1) is 14.8. The zero-order valence-corrected chi connectivity index (χ0v) is 14.5. The summed E-state index contributed by atoms with van der Waals surface area (Å²) in [7, 11) is 0. The van der Waals surface area contributed by atoms with Crippen molar-refractivity contribution >= 4 is 5.78 Å². The Bertz CT molecular complexity index is 751. The number of likely N-dealkylation sites (tertiary alicyclic amines) is 1.